The van der Waals surface area contributed by atoms with Crippen molar-refractivity contribution < 1.29 is 18.0 Å². The number of hydrogen-bond donors (Lipinski definition) is 0. The smallest absolute Gasteiger partial charge is 0.195 e. The molecule has 0 radical (unpaired) electrons. The average molecular weight is 411 g/mol. The van der Waals surface area contributed by atoms with Gasteiger partial charge in [-0.25, -0.2) is 13.2 Å². The molecule has 154 valence electrons. The van der Waals surface area contributed by atoms with E-state index in [0.717, 1.165) is 18.6 Å². The number of pyridine rings is 1. The Balaban J connectivity index is 2.17. The SMILES string of the molecule is C=CC(=O)c1cn(CCC)c(C2=CC(c3ccc(F)c(F)c3F)=CCC=C2)cc1=O. The maximum atomic E-state index is 14.3. The molecule has 1 aromatic heterocycles. The zero-order valence-corrected chi connectivity index (χ0v) is 16.4. The van der Waals surface area contributed by atoms with Gasteiger partial charge in [0.15, 0.2) is 28.7 Å². The lowest BCUT2D eigenvalue weighted by molar-refractivity contribution is 0.104. The van der Waals surface area contributed by atoms with Crippen molar-refractivity contribution in [1.29, 1.82) is 0 Å². The molecule has 0 saturated carbocycles. The first-order valence-corrected chi connectivity index (χ1v) is 9.51. The summed E-state index contributed by atoms with van der Waals surface area (Å²) >= 11 is 0. The fourth-order valence-corrected chi connectivity index (χ4v) is 3.30. The minimum Gasteiger partial charge on any atom is -0.347 e. The Labute approximate surface area is 172 Å². The van der Waals surface area contributed by atoms with Gasteiger partial charge in [-0.1, -0.05) is 31.7 Å². The number of rotatable bonds is 6. The van der Waals surface area contributed by atoms with Crippen molar-refractivity contribution in [2.75, 3.05) is 0 Å². The zero-order chi connectivity index (χ0) is 21.8. The Hall–Kier alpha value is -3.41. The normalized spacial score (nSPS) is 13.5. The molecule has 3 nitrogen and oxygen atoms in total. The van der Waals surface area contributed by atoms with Crippen molar-refractivity contribution in [2.24, 2.45) is 0 Å². The number of aromatic nitrogens is 1. The highest BCUT2D eigenvalue weighted by molar-refractivity contribution is 6.04. The minimum absolute atomic E-state index is 0.0165. The Morgan fingerprint density at radius 2 is 1.97 bits per heavy atom. The number of aryl methyl sites for hydroxylation is 1. The highest BCUT2D eigenvalue weighted by Crippen LogP contribution is 2.29. The molecule has 0 atom stereocenters. The van der Waals surface area contributed by atoms with Gasteiger partial charge in [0.05, 0.1) is 11.3 Å². The molecular formula is C24H20F3NO2. The van der Waals surface area contributed by atoms with Gasteiger partial charge in [-0.05, 0) is 48.3 Å². The fraction of sp³-hybridized carbons (Fsp3) is 0.167. The highest BCUT2D eigenvalue weighted by atomic mass is 19.2. The van der Waals surface area contributed by atoms with E-state index in [4.69, 9.17) is 0 Å². The predicted molar refractivity (Wildman–Crippen MR) is 112 cm³/mol. The van der Waals surface area contributed by atoms with Crippen molar-refractivity contribution >= 4 is 16.9 Å². The van der Waals surface area contributed by atoms with Crippen molar-refractivity contribution in [1.82, 2.24) is 4.57 Å². The first-order chi connectivity index (χ1) is 14.4. The summed E-state index contributed by atoms with van der Waals surface area (Å²) in [5.41, 5.74) is 0.986. The molecule has 2 aromatic rings. The monoisotopic (exact) mass is 411 g/mol. The zero-order valence-electron chi connectivity index (χ0n) is 16.4. The molecule has 1 heterocycles. The Morgan fingerprint density at radius 3 is 2.67 bits per heavy atom. The van der Waals surface area contributed by atoms with E-state index in [-0.39, 0.29) is 11.1 Å². The van der Waals surface area contributed by atoms with Crippen LogP contribution < -0.4 is 5.43 Å². The first kappa shape index (κ1) is 21.3. The molecule has 0 amide bonds. The van der Waals surface area contributed by atoms with Gasteiger partial charge in [0.1, 0.15) is 0 Å². The molecule has 1 aliphatic rings. The molecule has 0 bridgehead atoms. The number of carbonyl (C=O) groups excluding carboxylic acids is 1. The average Bonchev–Trinajstić information content (AvgIpc) is 2.99. The summed E-state index contributed by atoms with van der Waals surface area (Å²) in [6.45, 7) is 5.92. The van der Waals surface area contributed by atoms with E-state index >= 15 is 0 Å². The maximum absolute atomic E-state index is 14.3. The van der Waals surface area contributed by atoms with Crippen LogP contribution in [0.4, 0.5) is 13.2 Å². The number of allylic oxidation sites excluding steroid dienone is 7. The van der Waals surface area contributed by atoms with E-state index in [1.54, 1.807) is 22.8 Å². The van der Waals surface area contributed by atoms with Gasteiger partial charge in [-0.3, -0.25) is 9.59 Å². The Morgan fingerprint density at radius 1 is 1.20 bits per heavy atom. The molecule has 0 saturated heterocycles. The Kier molecular flexibility index (Phi) is 6.35. The summed E-state index contributed by atoms with van der Waals surface area (Å²) in [7, 11) is 0. The molecule has 30 heavy (non-hydrogen) atoms. The second-order valence-electron chi connectivity index (χ2n) is 6.82. The second-order valence-corrected chi connectivity index (χ2v) is 6.82. The quantitative estimate of drug-likeness (QED) is 0.359. The van der Waals surface area contributed by atoms with Crippen molar-refractivity contribution in [2.45, 2.75) is 26.3 Å². The summed E-state index contributed by atoms with van der Waals surface area (Å²) < 4.78 is 43.2. The van der Waals surface area contributed by atoms with Crippen molar-refractivity contribution in [3.63, 3.8) is 0 Å². The molecule has 0 fully saturated rings. The molecular weight excluding hydrogens is 391 g/mol. The third-order valence-corrected chi connectivity index (χ3v) is 4.77. The van der Waals surface area contributed by atoms with E-state index in [9.17, 15) is 22.8 Å². The Bertz CT molecular complexity index is 1170. The van der Waals surface area contributed by atoms with Crippen LogP contribution in [0.3, 0.4) is 0 Å². The lowest BCUT2D eigenvalue weighted by Crippen LogP contribution is -2.19. The van der Waals surface area contributed by atoms with Crippen molar-refractivity contribution in [3.8, 4) is 0 Å². The molecule has 1 aromatic carbocycles. The van der Waals surface area contributed by atoms with Crippen molar-refractivity contribution in [3.05, 3.63) is 106 Å². The van der Waals surface area contributed by atoms with Gasteiger partial charge in [0.25, 0.3) is 0 Å². The summed E-state index contributed by atoms with van der Waals surface area (Å²) in [5.74, 6) is -4.52. The van der Waals surface area contributed by atoms with Crippen LogP contribution in [0, 0.1) is 17.5 Å². The van der Waals surface area contributed by atoms with Gasteiger partial charge in [0, 0.05) is 24.4 Å². The van der Waals surface area contributed by atoms with E-state index in [0.29, 0.717) is 29.8 Å². The van der Waals surface area contributed by atoms with Gasteiger partial charge in [0.2, 0.25) is 0 Å². The predicted octanol–water partition coefficient (Wildman–Crippen LogP) is 5.47. The number of ketones is 1. The summed E-state index contributed by atoms with van der Waals surface area (Å²) in [6, 6.07) is 3.42. The topological polar surface area (TPSA) is 39.1 Å². The van der Waals surface area contributed by atoms with E-state index < -0.39 is 28.7 Å². The van der Waals surface area contributed by atoms with Crippen LogP contribution in [0.5, 0.6) is 0 Å². The fourth-order valence-electron chi connectivity index (χ4n) is 3.30. The van der Waals surface area contributed by atoms with Gasteiger partial charge < -0.3 is 4.57 Å². The van der Waals surface area contributed by atoms with Crippen LogP contribution in [0.1, 0.15) is 41.4 Å². The van der Waals surface area contributed by atoms with Crippen LogP contribution in [-0.2, 0) is 6.54 Å². The van der Waals surface area contributed by atoms with E-state index in [1.165, 1.54) is 18.3 Å². The molecule has 0 aliphatic heterocycles. The van der Waals surface area contributed by atoms with Crippen LogP contribution >= 0.6 is 0 Å². The highest BCUT2D eigenvalue weighted by Gasteiger charge is 2.18. The summed E-state index contributed by atoms with van der Waals surface area (Å²) in [5, 5.41) is 0. The maximum Gasteiger partial charge on any atom is 0.195 e. The number of halogens is 3. The molecule has 3 rings (SSSR count). The van der Waals surface area contributed by atoms with Gasteiger partial charge >= 0.3 is 0 Å². The van der Waals surface area contributed by atoms with Crippen LogP contribution in [0.2, 0.25) is 0 Å². The number of hydrogen-bond acceptors (Lipinski definition) is 2. The molecule has 1 aliphatic carbocycles. The molecule has 0 spiro atoms. The minimum atomic E-state index is -1.53. The molecule has 0 N–H and O–H groups in total. The number of benzene rings is 1. The van der Waals surface area contributed by atoms with E-state index in [1.807, 2.05) is 13.0 Å². The largest absolute Gasteiger partial charge is 0.347 e. The third kappa shape index (κ3) is 4.13. The standard InChI is InChI=1S/C24H20F3NO2/c1-3-11-28-14-18(21(29)4-2)22(30)13-20(28)16-8-6-5-7-15(12-16)17-9-10-19(25)24(27)23(17)26/h4,6-10,12-14H,2-3,5,11H2,1H3. The lowest BCUT2D eigenvalue weighted by atomic mass is 10.00. The van der Waals surface area contributed by atoms with Gasteiger partial charge in [-0.15, -0.1) is 0 Å². The first-order valence-electron chi connectivity index (χ1n) is 9.51. The summed E-state index contributed by atoms with van der Waals surface area (Å²) in [4.78, 5) is 24.5. The molecule has 6 heteroatoms. The van der Waals surface area contributed by atoms with Gasteiger partial charge in [-0.2, -0.15) is 0 Å². The van der Waals surface area contributed by atoms with Crippen LogP contribution in [-0.4, -0.2) is 10.4 Å². The third-order valence-electron chi connectivity index (χ3n) is 4.77. The second kappa shape index (κ2) is 8.95. The van der Waals surface area contributed by atoms with E-state index in [2.05, 4.69) is 6.58 Å². The van der Waals surface area contributed by atoms with Crippen LogP contribution in [0.15, 0.2) is 66.1 Å². The number of carbonyl (C=O) groups is 1. The summed E-state index contributed by atoms with van der Waals surface area (Å²) in [6.07, 6.45) is 10.7. The lowest BCUT2D eigenvalue weighted by Gasteiger charge is -2.15. The number of nitrogens with zero attached hydrogens (tertiary/aromatic N) is 1. The molecule has 0 unspecified atom stereocenters. The van der Waals surface area contributed by atoms with Crippen LogP contribution in [0.25, 0.3) is 11.1 Å².